The van der Waals surface area contributed by atoms with Crippen LogP contribution in [0.25, 0.3) is 10.8 Å². The molecule has 30 heavy (non-hydrogen) atoms. The SMILES string of the molecule is O=C1CCC(n2c(O)c3cccc(C=NC(=O)Nc4cccnc4)c3c2O)C(=O)N1. The summed E-state index contributed by atoms with van der Waals surface area (Å²) in [4.78, 5) is 43.4. The number of carbonyl (C=O) groups excluding carboxylic acids is 3. The molecule has 10 heteroatoms. The van der Waals surface area contributed by atoms with Gasteiger partial charge in [-0.3, -0.25) is 24.5 Å². The molecule has 0 saturated carbocycles. The number of rotatable bonds is 3. The summed E-state index contributed by atoms with van der Waals surface area (Å²) in [7, 11) is 0. The molecule has 0 aliphatic carbocycles. The molecular formula is C20H17N5O5. The minimum absolute atomic E-state index is 0.0899. The van der Waals surface area contributed by atoms with Crippen LogP contribution in [0.15, 0.2) is 47.7 Å². The fourth-order valence-electron chi connectivity index (χ4n) is 3.41. The van der Waals surface area contributed by atoms with Crippen LogP contribution in [-0.4, -0.2) is 43.8 Å². The number of fused-ring (bicyclic) bond motifs is 1. The van der Waals surface area contributed by atoms with Gasteiger partial charge in [-0.15, -0.1) is 0 Å². The highest BCUT2D eigenvalue weighted by molar-refractivity contribution is 6.09. The molecule has 1 saturated heterocycles. The average molecular weight is 407 g/mol. The highest BCUT2D eigenvalue weighted by atomic mass is 16.3. The number of imide groups is 1. The maximum atomic E-state index is 12.2. The molecule has 1 aliphatic heterocycles. The molecule has 0 spiro atoms. The number of carbonyl (C=O) groups is 3. The molecule has 10 nitrogen and oxygen atoms in total. The van der Waals surface area contributed by atoms with E-state index in [-0.39, 0.29) is 35.4 Å². The first-order valence-electron chi connectivity index (χ1n) is 9.09. The van der Waals surface area contributed by atoms with Gasteiger partial charge in [0.2, 0.25) is 23.6 Å². The summed E-state index contributed by atoms with van der Waals surface area (Å²) in [5.74, 6) is -1.68. The zero-order chi connectivity index (χ0) is 21.3. The Morgan fingerprint density at radius 2 is 2.07 bits per heavy atom. The number of pyridine rings is 1. The van der Waals surface area contributed by atoms with Crippen LogP contribution < -0.4 is 10.6 Å². The van der Waals surface area contributed by atoms with Gasteiger partial charge in [0.1, 0.15) is 6.04 Å². The van der Waals surface area contributed by atoms with Gasteiger partial charge in [0, 0.05) is 29.8 Å². The van der Waals surface area contributed by atoms with E-state index in [0.29, 0.717) is 11.3 Å². The van der Waals surface area contributed by atoms with Gasteiger partial charge in [-0.1, -0.05) is 12.1 Å². The number of aromatic nitrogens is 2. The van der Waals surface area contributed by atoms with Crippen molar-refractivity contribution in [2.45, 2.75) is 18.9 Å². The lowest BCUT2D eigenvalue weighted by Gasteiger charge is -2.23. The number of nitrogens with zero attached hydrogens (tertiary/aromatic N) is 3. The van der Waals surface area contributed by atoms with Gasteiger partial charge in [0.15, 0.2) is 0 Å². The number of nitrogens with one attached hydrogen (secondary N) is 2. The Morgan fingerprint density at radius 1 is 1.23 bits per heavy atom. The predicted molar refractivity (Wildman–Crippen MR) is 108 cm³/mol. The molecule has 2 aromatic heterocycles. The molecule has 1 atom stereocenters. The summed E-state index contributed by atoms with van der Waals surface area (Å²) in [5.41, 5.74) is 0.843. The maximum absolute atomic E-state index is 12.2. The number of aliphatic imine (C=N–C) groups is 1. The van der Waals surface area contributed by atoms with Crippen LogP contribution in [0.4, 0.5) is 10.5 Å². The Morgan fingerprint density at radius 3 is 2.80 bits per heavy atom. The number of hydrogen-bond donors (Lipinski definition) is 4. The third kappa shape index (κ3) is 3.46. The van der Waals surface area contributed by atoms with Crippen molar-refractivity contribution in [3.05, 3.63) is 48.3 Å². The van der Waals surface area contributed by atoms with E-state index in [4.69, 9.17) is 0 Å². The van der Waals surface area contributed by atoms with Gasteiger partial charge in [-0.05, 0) is 24.6 Å². The quantitative estimate of drug-likeness (QED) is 0.386. The number of piperidine rings is 1. The maximum Gasteiger partial charge on any atom is 0.345 e. The van der Waals surface area contributed by atoms with E-state index >= 15 is 0 Å². The first-order chi connectivity index (χ1) is 14.5. The Bertz CT molecular complexity index is 1190. The summed E-state index contributed by atoms with van der Waals surface area (Å²) in [6, 6.07) is 6.54. The Balaban J connectivity index is 1.68. The molecule has 3 aromatic rings. The van der Waals surface area contributed by atoms with Crippen molar-refractivity contribution >= 4 is 40.5 Å². The average Bonchev–Trinajstić information content (AvgIpc) is 2.98. The van der Waals surface area contributed by atoms with Gasteiger partial charge < -0.3 is 15.5 Å². The highest BCUT2D eigenvalue weighted by Crippen LogP contribution is 2.41. The zero-order valence-corrected chi connectivity index (χ0v) is 15.6. The molecule has 4 amide bonds. The number of urea groups is 1. The van der Waals surface area contributed by atoms with E-state index < -0.39 is 23.9 Å². The molecular weight excluding hydrogens is 390 g/mol. The van der Waals surface area contributed by atoms with E-state index in [1.807, 2.05) is 0 Å². The summed E-state index contributed by atoms with van der Waals surface area (Å²) in [6.45, 7) is 0. The lowest BCUT2D eigenvalue weighted by Crippen LogP contribution is -2.41. The molecule has 1 aromatic carbocycles. The van der Waals surface area contributed by atoms with Crippen molar-refractivity contribution in [1.29, 1.82) is 0 Å². The van der Waals surface area contributed by atoms with E-state index in [1.165, 1.54) is 12.4 Å². The van der Waals surface area contributed by atoms with Crippen molar-refractivity contribution in [3.8, 4) is 11.8 Å². The van der Waals surface area contributed by atoms with Crippen LogP contribution in [-0.2, 0) is 9.59 Å². The standard InChI is InChI=1S/C20H17N5O5/c26-15-7-6-14(17(27)24-15)25-18(28)13-5-1-3-11(16(13)19(25)29)9-22-20(30)23-12-4-2-8-21-10-12/h1-5,8-10,14,28-29H,6-7H2,(H,23,30)(H,24,26,27). The molecule has 0 bridgehead atoms. The fraction of sp³-hybridized carbons (Fsp3) is 0.150. The van der Waals surface area contributed by atoms with Gasteiger partial charge in [0.25, 0.3) is 0 Å². The lowest BCUT2D eigenvalue weighted by molar-refractivity contribution is -0.135. The second kappa shape index (κ2) is 7.66. The smallest absolute Gasteiger partial charge is 0.345 e. The number of anilines is 1. The monoisotopic (exact) mass is 407 g/mol. The van der Waals surface area contributed by atoms with Crippen LogP contribution in [0.1, 0.15) is 24.4 Å². The molecule has 1 fully saturated rings. The minimum atomic E-state index is -0.936. The van der Waals surface area contributed by atoms with Gasteiger partial charge in [-0.25, -0.2) is 9.79 Å². The molecule has 0 radical (unpaired) electrons. The number of amides is 4. The van der Waals surface area contributed by atoms with Crippen molar-refractivity contribution in [2.24, 2.45) is 4.99 Å². The van der Waals surface area contributed by atoms with E-state index in [0.717, 1.165) is 4.57 Å². The van der Waals surface area contributed by atoms with Gasteiger partial charge in [0.05, 0.1) is 17.3 Å². The Hall–Kier alpha value is -4.21. The van der Waals surface area contributed by atoms with Crippen LogP contribution in [0.2, 0.25) is 0 Å². The predicted octanol–water partition coefficient (Wildman–Crippen LogP) is 2.08. The van der Waals surface area contributed by atoms with E-state index in [2.05, 4.69) is 20.6 Å². The van der Waals surface area contributed by atoms with Crippen molar-refractivity contribution < 1.29 is 24.6 Å². The largest absolute Gasteiger partial charge is 0.494 e. The fourth-order valence-corrected chi connectivity index (χ4v) is 3.41. The third-order valence-electron chi connectivity index (χ3n) is 4.77. The summed E-state index contributed by atoms with van der Waals surface area (Å²) in [6.07, 6.45) is 4.53. The van der Waals surface area contributed by atoms with Crippen LogP contribution in [0.3, 0.4) is 0 Å². The zero-order valence-electron chi connectivity index (χ0n) is 15.6. The molecule has 152 valence electrons. The Labute approximate surface area is 169 Å². The van der Waals surface area contributed by atoms with Crippen LogP contribution in [0, 0.1) is 0 Å². The van der Waals surface area contributed by atoms with Gasteiger partial charge >= 0.3 is 6.03 Å². The van der Waals surface area contributed by atoms with Crippen molar-refractivity contribution in [1.82, 2.24) is 14.9 Å². The molecule has 4 N–H and O–H groups in total. The highest BCUT2D eigenvalue weighted by Gasteiger charge is 2.33. The second-order valence-corrected chi connectivity index (χ2v) is 6.68. The van der Waals surface area contributed by atoms with E-state index in [9.17, 15) is 24.6 Å². The summed E-state index contributed by atoms with van der Waals surface area (Å²) >= 11 is 0. The molecule has 1 aliphatic rings. The second-order valence-electron chi connectivity index (χ2n) is 6.68. The lowest BCUT2D eigenvalue weighted by atomic mass is 10.1. The summed E-state index contributed by atoms with van der Waals surface area (Å²) < 4.78 is 1.08. The first kappa shape index (κ1) is 19.1. The first-order valence-corrected chi connectivity index (χ1v) is 9.09. The topological polar surface area (TPSA) is 146 Å². The normalized spacial score (nSPS) is 16.7. The number of benzene rings is 1. The molecule has 3 heterocycles. The van der Waals surface area contributed by atoms with Crippen LogP contribution >= 0.6 is 0 Å². The third-order valence-corrected chi connectivity index (χ3v) is 4.77. The number of aromatic hydroxyl groups is 2. The molecule has 4 rings (SSSR count). The number of hydrogen-bond acceptors (Lipinski definition) is 6. The molecule has 1 unspecified atom stereocenters. The van der Waals surface area contributed by atoms with Gasteiger partial charge in [-0.2, -0.15) is 0 Å². The van der Waals surface area contributed by atoms with E-state index in [1.54, 1.807) is 36.5 Å². The summed E-state index contributed by atoms with van der Waals surface area (Å²) in [5, 5.41) is 26.6. The van der Waals surface area contributed by atoms with Crippen molar-refractivity contribution in [3.63, 3.8) is 0 Å². The Kier molecular flexibility index (Phi) is 4.88. The minimum Gasteiger partial charge on any atom is -0.494 e. The van der Waals surface area contributed by atoms with Crippen LogP contribution in [0.5, 0.6) is 11.8 Å². The van der Waals surface area contributed by atoms with Crippen molar-refractivity contribution in [2.75, 3.05) is 5.32 Å².